The molecule has 27 heavy (non-hydrogen) atoms. The molecule has 5 aliphatic rings. The second-order valence-corrected chi connectivity index (χ2v) is 9.71. The van der Waals surface area contributed by atoms with Crippen molar-refractivity contribution in [1.29, 1.82) is 0 Å². The van der Waals surface area contributed by atoms with Gasteiger partial charge in [0.25, 0.3) is 0 Å². The van der Waals surface area contributed by atoms with Gasteiger partial charge in [0.05, 0.1) is 0 Å². The van der Waals surface area contributed by atoms with E-state index >= 15 is 0 Å². The van der Waals surface area contributed by atoms with Crippen molar-refractivity contribution >= 4 is 5.91 Å². The lowest BCUT2D eigenvalue weighted by molar-refractivity contribution is -0.123. The monoisotopic (exact) mass is 370 g/mol. The van der Waals surface area contributed by atoms with Crippen LogP contribution >= 0.6 is 0 Å². The summed E-state index contributed by atoms with van der Waals surface area (Å²) < 4.78 is 1.48. The van der Waals surface area contributed by atoms with E-state index in [-0.39, 0.29) is 12.5 Å². The molecule has 1 aromatic rings. The molecule has 1 amide bonds. The zero-order chi connectivity index (χ0) is 18.6. The third kappa shape index (κ3) is 3.00. The van der Waals surface area contributed by atoms with Crippen LogP contribution in [-0.2, 0) is 11.3 Å². The van der Waals surface area contributed by atoms with Crippen LogP contribution < -0.4 is 5.32 Å². The summed E-state index contributed by atoms with van der Waals surface area (Å²) in [5, 5.41) is 14.2. The second kappa shape index (κ2) is 6.40. The SMILES string of the molecule is CC1(C)[C@H]2CC=C(CN3C[C@H]4CC[C@@H](C3)C4NC(=O)Cn3cnnn3)[C@@H]1C2. The second-order valence-electron chi connectivity index (χ2n) is 9.71. The Morgan fingerprint density at radius 2 is 2.07 bits per heavy atom. The van der Waals surface area contributed by atoms with Crippen LogP contribution in [-0.4, -0.2) is 56.7 Å². The van der Waals surface area contributed by atoms with Crippen molar-refractivity contribution in [3.05, 3.63) is 18.0 Å². The smallest absolute Gasteiger partial charge is 0.242 e. The fourth-order valence-electron chi connectivity index (χ4n) is 6.23. The Balaban J connectivity index is 1.18. The van der Waals surface area contributed by atoms with Crippen LogP contribution in [0.5, 0.6) is 0 Å². The highest BCUT2D eigenvalue weighted by molar-refractivity contribution is 5.76. The summed E-state index contributed by atoms with van der Waals surface area (Å²) in [5.41, 5.74) is 2.19. The predicted molar refractivity (Wildman–Crippen MR) is 100 cm³/mol. The van der Waals surface area contributed by atoms with Gasteiger partial charge >= 0.3 is 0 Å². The highest BCUT2D eigenvalue weighted by atomic mass is 16.2. The van der Waals surface area contributed by atoms with Crippen molar-refractivity contribution in [3.8, 4) is 0 Å². The molecule has 1 saturated heterocycles. The Kier molecular flexibility index (Phi) is 4.11. The van der Waals surface area contributed by atoms with Crippen molar-refractivity contribution < 1.29 is 4.79 Å². The summed E-state index contributed by atoms with van der Waals surface area (Å²) in [6.45, 7) is 8.47. The zero-order valence-electron chi connectivity index (χ0n) is 16.3. The number of nitrogens with one attached hydrogen (secondary N) is 1. The zero-order valence-corrected chi connectivity index (χ0v) is 16.3. The average molecular weight is 371 g/mol. The number of hydrogen-bond donors (Lipinski definition) is 1. The van der Waals surface area contributed by atoms with Crippen LogP contribution in [0, 0.1) is 29.1 Å². The summed E-state index contributed by atoms with van der Waals surface area (Å²) in [5.74, 6) is 2.88. The lowest BCUT2D eigenvalue weighted by Gasteiger charge is -2.57. The number of nitrogens with zero attached hydrogens (tertiary/aromatic N) is 5. The number of hydrogen-bond acceptors (Lipinski definition) is 5. The maximum absolute atomic E-state index is 12.4. The first-order valence-electron chi connectivity index (χ1n) is 10.4. The number of aromatic nitrogens is 4. The fraction of sp³-hybridized carbons (Fsp3) is 0.800. The molecular weight excluding hydrogens is 340 g/mol. The molecule has 7 nitrogen and oxygen atoms in total. The normalized spacial score (nSPS) is 36.8. The Bertz CT molecular complexity index is 728. The van der Waals surface area contributed by atoms with Crippen LogP contribution in [0.1, 0.15) is 39.5 Å². The van der Waals surface area contributed by atoms with Gasteiger partial charge in [0.1, 0.15) is 12.9 Å². The Morgan fingerprint density at radius 1 is 1.30 bits per heavy atom. The number of fused-ring (bicyclic) bond motifs is 3. The maximum Gasteiger partial charge on any atom is 0.242 e. The van der Waals surface area contributed by atoms with Crippen LogP contribution in [0.25, 0.3) is 0 Å². The number of tetrazole rings is 1. The number of allylic oxidation sites excluding steroid dienone is 1. The van der Waals surface area contributed by atoms with Gasteiger partial charge in [-0.25, -0.2) is 4.68 Å². The minimum Gasteiger partial charge on any atom is -0.351 e. The molecule has 146 valence electrons. The Labute approximate surface area is 160 Å². The highest BCUT2D eigenvalue weighted by Gasteiger charge is 2.51. The molecule has 6 rings (SSSR count). The first kappa shape index (κ1) is 17.3. The quantitative estimate of drug-likeness (QED) is 0.795. The van der Waals surface area contributed by atoms with Crippen molar-refractivity contribution in [2.75, 3.05) is 19.6 Å². The van der Waals surface area contributed by atoms with Gasteiger partial charge in [0, 0.05) is 25.7 Å². The van der Waals surface area contributed by atoms with Gasteiger partial charge in [-0.3, -0.25) is 9.69 Å². The van der Waals surface area contributed by atoms with Gasteiger partial charge in [-0.05, 0) is 65.2 Å². The first-order valence-corrected chi connectivity index (χ1v) is 10.4. The first-order chi connectivity index (χ1) is 13.0. The third-order valence-electron chi connectivity index (χ3n) is 7.92. The molecule has 5 atom stereocenters. The van der Waals surface area contributed by atoms with Crippen molar-refractivity contribution in [3.63, 3.8) is 0 Å². The van der Waals surface area contributed by atoms with E-state index in [0.29, 0.717) is 23.3 Å². The molecule has 2 heterocycles. The summed E-state index contributed by atoms with van der Waals surface area (Å²) in [4.78, 5) is 15.0. The minimum atomic E-state index is 0.0231. The molecule has 0 spiro atoms. The predicted octanol–water partition coefficient (Wildman–Crippen LogP) is 1.49. The van der Waals surface area contributed by atoms with Gasteiger partial charge < -0.3 is 5.32 Å². The molecule has 3 fully saturated rings. The van der Waals surface area contributed by atoms with Gasteiger partial charge in [-0.15, -0.1) is 5.10 Å². The van der Waals surface area contributed by atoms with Gasteiger partial charge in [-0.1, -0.05) is 25.5 Å². The molecule has 1 unspecified atom stereocenters. The Morgan fingerprint density at radius 3 is 2.70 bits per heavy atom. The summed E-state index contributed by atoms with van der Waals surface area (Å²) in [7, 11) is 0. The molecule has 4 aliphatic carbocycles. The van der Waals surface area contributed by atoms with E-state index in [1.807, 2.05) is 0 Å². The van der Waals surface area contributed by atoms with E-state index in [1.165, 1.54) is 36.7 Å². The number of piperidine rings is 1. The summed E-state index contributed by atoms with van der Waals surface area (Å²) >= 11 is 0. The molecule has 1 aliphatic heterocycles. The van der Waals surface area contributed by atoms with Gasteiger partial charge in [0.2, 0.25) is 5.91 Å². The van der Waals surface area contributed by atoms with Crippen molar-refractivity contribution in [2.24, 2.45) is 29.1 Å². The number of carbonyl (C=O) groups is 1. The van der Waals surface area contributed by atoms with E-state index in [4.69, 9.17) is 0 Å². The molecule has 0 radical (unpaired) electrons. The molecule has 4 bridgehead atoms. The number of rotatable bonds is 5. The lowest BCUT2D eigenvalue weighted by Crippen LogP contribution is -2.55. The van der Waals surface area contributed by atoms with Gasteiger partial charge in [0.15, 0.2) is 0 Å². The molecule has 7 heteroatoms. The number of amides is 1. The van der Waals surface area contributed by atoms with E-state index in [0.717, 1.165) is 31.5 Å². The van der Waals surface area contributed by atoms with Crippen LogP contribution in [0.3, 0.4) is 0 Å². The molecule has 1 N–H and O–H groups in total. The molecule has 1 aromatic heterocycles. The minimum absolute atomic E-state index is 0.0231. The van der Waals surface area contributed by atoms with Crippen LogP contribution in [0.15, 0.2) is 18.0 Å². The van der Waals surface area contributed by atoms with E-state index in [2.05, 4.69) is 45.7 Å². The summed E-state index contributed by atoms with van der Waals surface area (Å²) in [6.07, 6.45) is 9.15. The summed E-state index contributed by atoms with van der Waals surface area (Å²) in [6, 6.07) is 0.315. The third-order valence-corrected chi connectivity index (χ3v) is 7.92. The van der Waals surface area contributed by atoms with E-state index in [1.54, 1.807) is 5.57 Å². The standard InChI is InChI=1S/C20H30N6O/c1-20(2)16-6-5-13(17(20)7-16)8-25-9-14-3-4-15(10-25)19(14)22-18(27)11-26-12-21-23-24-26/h5,12,14-17,19H,3-4,6-11H2,1-2H3,(H,22,27)/t14-,15+,16-,17-,19?/m0/s1. The van der Waals surface area contributed by atoms with Crippen LogP contribution in [0.4, 0.5) is 0 Å². The molecule has 2 saturated carbocycles. The van der Waals surface area contributed by atoms with Crippen LogP contribution in [0.2, 0.25) is 0 Å². The van der Waals surface area contributed by atoms with Crippen molar-refractivity contribution in [1.82, 2.24) is 30.4 Å². The maximum atomic E-state index is 12.4. The molecule has 0 aromatic carbocycles. The van der Waals surface area contributed by atoms with Gasteiger partial charge in [-0.2, -0.15) is 0 Å². The Hall–Kier alpha value is -1.76. The van der Waals surface area contributed by atoms with E-state index in [9.17, 15) is 4.79 Å². The number of likely N-dealkylation sites (tertiary alicyclic amines) is 1. The lowest BCUT2D eigenvalue weighted by atomic mass is 9.49. The van der Waals surface area contributed by atoms with E-state index < -0.39 is 0 Å². The number of carbonyl (C=O) groups excluding carboxylic acids is 1. The topological polar surface area (TPSA) is 75.9 Å². The highest BCUT2D eigenvalue weighted by Crippen LogP contribution is 2.59. The fourth-order valence-corrected chi connectivity index (χ4v) is 6.23. The van der Waals surface area contributed by atoms with Crippen molar-refractivity contribution in [2.45, 2.75) is 52.1 Å². The largest absolute Gasteiger partial charge is 0.351 e. The average Bonchev–Trinajstić information content (AvgIpc) is 3.21. The molecular formula is C20H30N6O.